The zero-order valence-electron chi connectivity index (χ0n) is 13.1. The van der Waals surface area contributed by atoms with Gasteiger partial charge >= 0.3 is 0 Å². The molecule has 4 nitrogen and oxygen atoms in total. The third kappa shape index (κ3) is 3.35. The van der Waals surface area contributed by atoms with Crippen molar-refractivity contribution < 1.29 is 9.59 Å². The van der Waals surface area contributed by atoms with Gasteiger partial charge in [0.05, 0.1) is 10.9 Å². The first-order valence-corrected chi connectivity index (χ1v) is 9.90. The van der Waals surface area contributed by atoms with Gasteiger partial charge in [0.2, 0.25) is 11.8 Å². The van der Waals surface area contributed by atoms with Crippen LogP contribution in [0.15, 0.2) is 46.0 Å². The van der Waals surface area contributed by atoms with E-state index in [1.807, 2.05) is 34.5 Å². The highest BCUT2D eigenvalue weighted by molar-refractivity contribution is 8.01. The normalized spacial score (nSPS) is 19.5. The number of para-hydroxylation sites is 1. The molecular weight excluding hydrogens is 340 g/mol. The van der Waals surface area contributed by atoms with Crippen LogP contribution < -0.4 is 5.32 Å². The molecule has 1 fully saturated rings. The molecule has 0 saturated heterocycles. The van der Waals surface area contributed by atoms with Gasteiger partial charge in [0.15, 0.2) is 0 Å². The lowest BCUT2D eigenvalue weighted by Crippen LogP contribution is -2.38. The van der Waals surface area contributed by atoms with Crippen molar-refractivity contribution in [2.45, 2.75) is 42.0 Å². The Hall–Kier alpha value is -1.79. The number of anilines is 1. The lowest BCUT2D eigenvalue weighted by molar-refractivity contribution is -0.133. The molecule has 24 heavy (non-hydrogen) atoms. The average molecular weight is 358 g/mol. The first-order chi connectivity index (χ1) is 11.7. The Kier molecular flexibility index (Phi) is 4.33. The molecule has 0 unspecified atom stereocenters. The maximum atomic E-state index is 12.8. The molecule has 124 valence electrons. The van der Waals surface area contributed by atoms with Gasteiger partial charge in [-0.2, -0.15) is 11.3 Å². The van der Waals surface area contributed by atoms with Gasteiger partial charge in [0, 0.05) is 23.9 Å². The summed E-state index contributed by atoms with van der Waals surface area (Å²) in [5.41, 5.74) is 2.01. The minimum absolute atomic E-state index is 0.0710. The van der Waals surface area contributed by atoms with Crippen LogP contribution in [-0.2, 0) is 16.1 Å². The summed E-state index contributed by atoms with van der Waals surface area (Å²) in [6.45, 7) is 0.655. The van der Waals surface area contributed by atoms with E-state index in [1.54, 1.807) is 11.3 Å². The molecule has 0 radical (unpaired) electrons. The lowest BCUT2D eigenvalue weighted by atomic mass is 10.2. The molecule has 1 aliphatic carbocycles. The molecule has 1 aromatic heterocycles. The Bertz CT molecular complexity index is 756. The number of rotatable bonds is 5. The lowest BCUT2D eigenvalue weighted by Gasteiger charge is -2.27. The fraction of sp³-hybridized carbons (Fsp3) is 0.333. The zero-order valence-corrected chi connectivity index (χ0v) is 14.7. The van der Waals surface area contributed by atoms with Gasteiger partial charge in [-0.3, -0.25) is 9.59 Å². The molecule has 2 amide bonds. The van der Waals surface area contributed by atoms with Crippen LogP contribution in [0.3, 0.4) is 0 Å². The van der Waals surface area contributed by atoms with E-state index in [-0.39, 0.29) is 23.5 Å². The van der Waals surface area contributed by atoms with Gasteiger partial charge in [-0.25, -0.2) is 0 Å². The summed E-state index contributed by atoms with van der Waals surface area (Å²) in [7, 11) is 0. The molecule has 1 aliphatic heterocycles. The predicted octanol–water partition coefficient (Wildman–Crippen LogP) is 3.74. The molecule has 2 heterocycles. The van der Waals surface area contributed by atoms with E-state index in [9.17, 15) is 9.59 Å². The van der Waals surface area contributed by atoms with Crippen LogP contribution in [0.4, 0.5) is 5.69 Å². The number of hydrogen-bond donors (Lipinski definition) is 1. The van der Waals surface area contributed by atoms with Crippen LogP contribution in [0, 0.1) is 0 Å². The quantitative estimate of drug-likeness (QED) is 0.886. The number of benzene rings is 1. The fourth-order valence-corrected chi connectivity index (χ4v) is 4.65. The molecule has 2 aromatic rings. The van der Waals surface area contributed by atoms with E-state index in [0.717, 1.165) is 23.4 Å². The molecule has 1 atom stereocenters. The van der Waals surface area contributed by atoms with E-state index in [2.05, 4.69) is 16.8 Å². The van der Waals surface area contributed by atoms with Gasteiger partial charge < -0.3 is 10.2 Å². The molecule has 1 N–H and O–H groups in total. The monoisotopic (exact) mass is 358 g/mol. The van der Waals surface area contributed by atoms with Crippen LogP contribution in [-0.4, -0.2) is 28.0 Å². The minimum atomic E-state index is -0.351. The van der Waals surface area contributed by atoms with Gasteiger partial charge in [-0.1, -0.05) is 12.1 Å². The summed E-state index contributed by atoms with van der Waals surface area (Å²) < 4.78 is 0. The number of nitrogens with one attached hydrogen (secondary N) is 1. The van der Waals surface area contributed by atoms with E-state index < -0.39 is 0 Å². The second-order valence-corrected chi connectivity index (χ2v) is 8.21. The average Bonchev–Trinajstić information content (AvgIpc) is 3.29. The number of thioether (sulfide) groups is 1. The van der Waals surface area contributed by atoms with Crippen molar-refractivity contribution in [3.8, 4) is 0 Å². The summed E-state index contributed by atoms with van der Waals surface area (Å²) >= 11 is 3.14. The van der Waals surface area contributed by atoms with Crippen molar-refractivity contribution in [3.05, 3.63) is 46.7 Å². The highest BCUT2D eigenvalue weighted by Gasteiger charge is 2.36. The highest BCUT2D eigenvalue weighted by atomic mass is 32.2. The Morgan fingerprint density at radius 3 is 2.83 bits per heavy atom. The zero-order chi connectivity index (χ0) is 16.5. The predicted molar refractivity (Wildman–Crippen MR) is 97.2 cm³/mol. The Labute approximate surface area is 149 Å². The van der Waals surface area contributed by atoms with E-state index in [0.29, 0.717) is 12.6 Å². The summed E-state index contributed by atoms with van der Waals surface area (Å²) in [5, 5.41) is 6.68. The minimum Gasteiger partial charge on any atom is -0.335 e. The van der Waals surface area contributed by atoms with Crippen LogP contribution in [0.25, 0.3) is 0 Å². The number of carbonyl (C=O) groups is 2. The first kappa shape index (κ1) is 15.7. The van der Waals surface area contributed by atoms with Gasteiger partial charge in [0.1, 0.15) is 0 Å². The topological polar surface area (TPSA) is 49.4 Å². The van der Waals surface area contributed by atoms with Crippen molar-refractivity contribution in [1.29, 1.82) is 0 Å². The fourth-order valence-electron chi connectivity index (χ4n) is 2.89. The summed E-state index contributed by atoms with van der Waals surface area (Å²) in [4.78, 5) is 28.1. The van der Waals surface area contributed by atoms with Crippen LogP contribution >= 0.6 is 23.1 Å². The second kappa shape index (κ2) is 6.61. The van der Waals surface area contributed by atoms with Gasteiger partial charge in [0.25, 0.3) is 0 Å². The van der Waals surface area contributed by atoms with E-state index >= 15 is 0 Å². The van der Waals surface area contributed by atoms with E-state index in [4.69, 9.17) is 0 Å². The largest absolute Gasteiger partial charge is 0.335 e. The molecule has 0 spiro atoms. The number of carbonyl (C=O) groups excluding carboxylic acids is 2. The van der Waals surface area contributed by atoms with Gasteiger partial charge in [-0.15, -0.1) is 11.8 Å². The molecule has 6 heteroatoms. The van der Waals surface area contributed by atoms with Crippen LogP contribution in [0.2, 0.25) is 0 Å². The van der Waals surface area contributed by atoms with Crippen molar-refractivity contribution in [2.24, 2.45) is 0 Å². The number of fused-ring (bicyclic) bond motifs is 1. The summed E-state index contributed by atoms with van der Waals surface area (Å²) in [5.74, 6) is 0.00839. The Morgan fingerprint density at radius 2 is 2.08 bits per heavy atom. The third-order valence-electron chi connectivity index (χ3n) is 4.31. The van der Waals surface area contributed by atoms with Crippen molar-refractivity contribution in [3.63, 3.8) is 0 Å². The molecule has 1 saturated carbocycles. The standard InChI is InChI=1S/C18H18N2O2S2/c21-17(20(13-5-6-13)10-12-7-8-23-11-12)9-16-18(22)19-14-3-1-2-4-15(14)24-16/h1-4,7-8,11,13,16H,5-6,9-10H2,(H,19,22)/t16-/m1/s1. The van der Waals surface area contributed by atoms with Crippen LogP contribution in [0.5, 0.6) is 0 Å². The molecule has 1 aromatic carbocycles. The van der Waals surface area contributed by atoms with Crippen molar-refractivity contribution in [1.82, 2.24) is 4.90 Å². The third-order valence-corrected chi connectivity index (χ3v) is 6.31. The second-order valence-electron chi connectivity index (χ2n) is 6.18. The van der Waals surface area contributed by atoms with Gasteiger partial charge in [-0.05, 0) is 47.4 Å². The number of amides is 2. The Morgan fingerprint density at radius 1 is 1.25 bits per heavy atom. The summed E-state index contributed by atoms with van der Waals surface area (Å²) in [6.07, 6.45) is 2.40. The van der Waals surface area contributed by atoms with E-state index in [1.165, 1.54) is 17.3 Å². The maximum Gasteiger partial charge on any atom is 0.238 e. The molecule has 2 aliphatic rings. The Balaban J connectivity index is 1.45. The van der Waals surface area contributed by atoms with Crippen molar-refractivity contribution >= 4 is 40.6 Å². The molecule has 0 bridgehead atoms. The smallest absolute Gasteiger partial charge is 0.238 e. The number of thiophene rings is 1. The number of hydrogen-bond acceptors (Lipinski definition) is 4. The first-order valence-electron chi connectivity index (χ1n) is 8.08. The van der Waals surface area contributed by atoms with Crippen molar-refractivity contribution in [2.75, 3.05) is 5.32 Å². The number of nitrogens with zero attached hydrogens (tertiary/aromatic N) is 1. The van der Waals surface area contributed by atoms with Crippen LogP contribution in [0.1, 0.15) is 24.8 Å². The highest BCUT2D eigenvalue weighted by Crippen LogP contribution is 2.37. The maximum absolute atomic E-state index is 12.8. The molecule has 4 rings (SSSR count). The molecular formula is C18H18N2O2S2. The SMILES string of the molecule is O=C1Nc2ccccc2S[C@@H]1CC(=O)N(Cc1ccsc1)C1CC1. The summed E-state index contributed by atoms with van der Waals surface area (Å²) in [6, 6.07) is 10.1.